The zero-order chi connectivity index (χ0) is 26.6. The van der Waals surface area contributed by atoms with Crippen molar-refractivity contribution in [2.75, 3.05) is 25.1 Å². The molecule has 0 aromatic heterocycles. The van der Waals surface area contributed by atoms with Crippen molar-refractivity contribution in [3.8, 4) is 0 Å². The molecule has 1 aliphatic heterocycles. The van der Waals surface area contributed by atoms with E-state index in [1.165, 1.54) is 69.0 Å². The summed E-state index contributed by atoms with van der Waals surface area (Å²) in [5.74, 6) is -0.888. The van der Waals surface area contributed by atoms with Crippen LogP contribution < -0.4 is 5.32 Å². The zero-order valence-electron chi connectivity index (χ0n) is 23.1. The van der Waals surface area contributed by atoms with E-state index in [1.54, 1.807) is 24.3 Å². The molecule has 2 aromatic carbocycles. The van der Waals surface area contributed by atoms with Crippen LogP contribution in [0.3, 0.4) is 0 Å². The molecule has 5 nitrogen and oxygen atoms in total. The van der Waals surface area contributed by atoms with Gasteiger partial charge in [0.25, 0.3) is 0 Å². The Kier molecular flexibility index (Phi) is 15.9. The van der Waals surface area contributed by atoms with Crippen LogP contribution >= 0.6 is 0 Å². The third kappa shape index (κ3) is 12.3. The van der Waals surface area contributed by atoms with Crippen LogP contribution in [0.4, 0.5) is 5.69 Å². The first kappa shape index (κ1) is 30.4. The predicted octanol–water partition coefficient (Wildman–Crippen LogP) is 8.38. The molecule has 1 N–H and O–H groups in total. The maximum atomic E-state index is 12.4. The molecular formula is C32H47NO4. The van der Waals surface area contributed by atoms with Gasteiger partial charge in [0.05, 0.1) is 24.3 Å². The summed E-state index contributed by atoms with van der Waals surface area (Å²) in [6.45, 7) is 6.28. The van der Waals surface area contributed by atoms with Crippen molar-refractivity contribution in [2.24, 2.45) is 0 Å². The molecule has 0 fully saturated rings. The van der Waals surface area contributed by atoms with Crippen molar-refractivity contribution in [1.82, 2.24) is 0 Å². The highest BCUT2D eigenvalue weighted by molar-refractivity contribution is 6.03. The third-order valence-corrected chi connectivity index (χ3v) is 6.56. The van der Waals surface area contributed by atoms with Crippen LogP contribution in [-0.2, 0) is 15.9 Å². The van der Waals surface area contributed by atoms with Crippen LogP contribution in [-0.4, -0.2) is 31.7 Å². The van der Waals surface area contributed by atoms with E-state index in [9.17, 15) is 9.59 Å². The molecule has 1 aliphatic rings. The highest BCUT2D eigenvalue weighted by Gasteiger charge is 2.18. The Morgan fingerprint density at radius 3 is 1.62 bits per heavy atom. The monoisotopic (exact) mass is 509 g/mol. The summed E-state index contributed by atoms with van der Waals surface area (Å²) in [7, 11) is 0. The molecule has 3 rings (SSSR count). The summed E-state index contributed by atoms with van der Waals surface area (Å²) in [5, 5.41) is 3.30. The van der Waals surface area contributed by atoms with Gasteiger partial charge in [-0.3, -0.25) is 0 Å². The lowest BCUT2D eigenvalue weighted by Gasteiger charge is -2.10. The molecule has 5 heteroatoms. The van der Waals surface area contributed by atoms with Gasteiger partial charge in [0.15, 0.2) is 0 Å². The Morgan fingerprint density at radius 1 is 0.649 bits per heavy atom. The van der Waals surface area contributed by atoms with Crippen LogP contribution in [0.15, 0.2) is 48.5 Å². The number of unbranched alkanes of at least 4 members (excludes halogenated alkanes) is 10. The topological polar surface area (TPSA) is 64.6 Å². The van der Waals surface area contributed by atoms with Crippen LogP contribution in [0.1, 0.15) is 117 Å². The predicted molar refractivity (Wildman–Crippen MR) is 152 cm³/mol. The first-order valence-corrected chi connectivity index (χ1v) is 14.4. The number of esters is 2. The van der Waals surface area contributed by atoms with Gasteiger partial charge >= 0.3 is 11.9 Å². The van der Waals surface area contributed by atoms with Crippen molar-refractivity contribution in [2.45, 2.75) is 97.3 Å². The number of benzene rings is 2. The first-order valence-electron chi connectivity index (χ1n) is 14.4. The molecule has 0 unspecified atom stereocenters. The van der Waals surface area contributed by atoms with E-state index < -0.39 is 11.9 Å². The van der Waals surface area contributed by atoms with Crippen molar-refractivity contribution in [3.05, 3.63) is 65.2 Å². The number of carbonyl (C=O) groups is 2. The van der Waals surface area contributed by atoms with Gasteiger partial charge in [-0.1, -0.05) is 108 Å². The van der Waals surface area contributed by atoms with Crippen LogP contribution in [0, 0.1) is 0 Å². The second-order valence-electron chi connectivity index (χ2n) is 9.69. The largest absolute Gasteiger partial charge is 0.462 e. The zero-order valence-corrected chi connectivity index (χ0v) is 23.1. The standard InChI is InChI=1S/C24H38O4.C8H9N/c1-3-5-7-9-11-15-19-27-23(25)21-17-13-14-18-22(21)24(26)28-20-16-12-10-8-6-4-2;1-2-4-8-7(3-1)5-6-9-8/h13-14,17-18H,3-12,15-16,19-20H2,1-2H3;1-4,9H,5-6H2. The van der Waals surface area contributed by atoms with E-state index in [-0.39, 0.29) is 0 Å². The molecule has 1 heterocycles. The molecule has 2 aromatic rings. The second kappa shape index (κ2) is 19.3. The number of hydrogen-bond acceptors (Lipinski definition) is 5. The quantitative estimate of drug-likeness (QED) is 0.182. The van der Waals surface area contributed by atoms with Gasteiger partial charge in [0.1, 0.15) is 0 Å². The summed E-state index contributed by atoms with van der Waals surface area (Å²) in [5.41, 5.74) is 3.36. The minimum absolute atomic E-state index is 0.293. The summed E-state index contributed by atoms with van der Waals surface area (Å²) in [6.07, 6.45) is 14.8. The smallest absolute Gasteiger partial charge is 0.339 e. The van der Waals surface area contributed by atoms with Crippen LogP contribution in [0.5, 0.6) is 0 Å². The fourth-order valence-electron chi connectivity index (χ4n) is 4.33. The Balaban J connectivity index is 0.000000439. The molecular weight excluding hydrogens is 462 g/mol. The number of fused-ring (bicyclic) bond motifs is 1. The van der Waals surface area contributed by atoms with E-state index in [4.69, 9.17) is 9.47 Å². The average Bonchev–Trinajstić information content (AvgIpc) is 3.41. The van der Waals surface area contributed by atoms with Crippen molar-refractivity contribution >= 4 is 17.6 Å². The molecule has 204 valence electrons. The minimum Gasteiger partial charge on any atom is -0.462 e. The van der Waals surface area contributed by atoms with Gasteiger partial charge in [0.2, 0.25) is 0 Å². The summed E-state index contributed by atoms with van der Waals surface area (Å²) in [6, 6.07) is 15.2. The summed E-state index contributed by atoms with van der Waals surface area (Å²) < 4.78 is 10.7. The lowest BCUT2D eigenvalue weighted by atomic mass is 10.1. The normalized spacial score (nSPS) is 11.6. The maximum absolute atomic E-state index is 12.4. The maximum Gasteiger partial charge on any atom is 0.339 e. The number of carbonyl (C=O) groups excluding carboxylic acids is 2. The summed E-state index contributed by atoms with van der Waals surface area (Å²) in [4.78, 5) is 24.7. The van der Waals surface area contributed by atoms with Crippen LogP contribution in [0.2, 0.25) is 0 Å². The van der Waals surface area contributed by atoms with Gasteiger partial charge in [0, 0.05) is 12.2 Å². The van der Waals surface area contributed by atoms with E-state index in [0.717, 1.165) is 32.2 Å². The molecule has 0 bridgehead atoms. The lowest BCUT2D eigenvalue weighted by Crippen LogP contribution is -2.15. The summed E-state index contributed by atoms with van der Waals surface area (Å²) >= 11 is 0. The van der Waals surface area contributed by atoms with Gasteiger partial charge in [-0.2, -0.15) is 0 Å². The third-order valence-electron chi connectivity index (χ3n) is 6.56. The van der Waals surface area contributed by atoms with Crippen molar-refractivity contribution < 1.29 is 19.1 Å². The number of hydrogen-bond donors (Lipinski definition) is 1. The number of para-hydroxylation sites is 1. The first-order chi connectivity index (χ1) is 18.2. The van der Waals surface area contributed by atoms with E-state index >= 15 is 0 Å². The highest BCUT2D eigenvalue weighted by atomic mass is 16.5. The van der Waals surface area contributed by atoms with Crippen molar-refractivity contribution in [1.29, 1.82) is 0 Å². The van der Waals surface area contributed by atoms with Gasteiger partial charge < -0.3 is 14.8 Å². The molecule has 0 amide bonds. The van der Waals surface area contributed by atoms with Gasteiger partial charge in [-0.25, -0.2) is 9.59 Å². The lowest BCUT2D eigenvalue weighted by molar-refractivity contribution is 0.0450. The Bertz CT molecular complexity index is 839. The number of rotatable bonds is 16. The van der Waals surface area contributed by atoms with E-state index in [0.29, 0.717) is 24.3 Å². The van der Waals surface area contributed by atoms with E-state index in [2.05, 4.69) is 43.4 Å². The fourth-order valence-corrected chi connectivity index (χ4v) is 4.33. The number of nitrogens with one attached hydrogen (secondary N) is 1. The molecule has 0 saturated heterocycles. The van der Waals surface area contributed by atoms with Gasteiger partial charge in [-0.15, -0.1) is 0 Å². The Morgan fingerprint density at radius 2 is 1.11 bits per heavy atom. The molecule has 0 atom stereocenters. The minimum atomic E-state index is -0.444. The van der Waals surface area contributed by atoms with Gasteiger partial charge in [-0.05, 0) is 43.0 Å². The second-order valence-corrected chi connectivity index (χ2v) is 9.69. The fraction of sp³-hybridized carbons (Fsp3) is 0.562. The number of ether oxygens (including phenoxy) is 2. The van der Waals surface area contributed by atoms with Crippen LogP contribution in [0.25, 0.3) is 0 Å². The van der Waals surface area contributed by atoms with E-state index in [1.807, 2.05) is 0 Å². The molecule has 0 saturated carbocycles. The molecule has 37 heavy (non-hydrogen) atoms. The molecule has 0 radical (unpaired) electrons. The number of anilines is 1. The Hall–Kier alpha value is -2.82. The molecule has 0 spiro atoms. The van der Waals surface area contributed by atoms with Crippen molar-refractivity contribution in [3.63, 3.8) is 0 Å². The highest BCUT2D eigenvalue weighted by Crippen LogP contribution is 2.20. The average molecular weight is 510 g/mol. The molecule has 0 aliphatic carbocycles. The SMILES string of the molecule is CCCCCCCCOC(=O)c1ccccc1C(=O)OCCCCCCCC.c1ccc2c(c1)CCN2. The Labute approximate surface area is 224 Å².